The summed E-state index contributed by atoms with van der Waals surface area (Å²) in [6.45, 7) is 11.5. The first kappa shape index (κ1) is 27.9. The Hall–Kier alpha value is -3.61. The van der Waals surface area contributed by atoms with Crippen LogP contribution in [0.5, 0.6) is 5.75 Å². The molecular formula is C28H37N7O4S. The molecule has 5 rings (SSSR count). The standard InChI is InChI=1S/C28H37N7O4S/c1-18(2)34-40(36,37)23-9-7-6-8-21(23)30-26-24-25(29-17-28(24,3)4)32-27(33-26)31-20-11-10-19(16-22(20)38-5)35-12-14-39-15-13-35/h6-11,16,18,34H,12-15,17H2,1-5H3,(H3,29,30,31,32,33). The molecule has 0 saturated carbocycles. The Kier molecular flexibility index (Phi) is 7.76. The molecule has 214 valence electrons. The molecule has 1 fully saturated rings. The highest BCUT2D eigenvalue weighted by molar-refractivity contribution is 7.89. The summed E-state index contributed by atoms with van der Waals surface area (Å²) in [7, 11) is -2.12. The van der Waals surface area contributed by atoms with Crippen LogP contribution in [0.1, 0.15) is 33.3 Å². The average Bonchev–Trinajstić information content (AvgIpc) is 3.23. The summed E-state index contributed by atoms with van der Waals surface area (Å²) in [5.41, 5.74) is 2.80. The summed E-state index contributed by atoms with van der Waals surface area (Å²) in [4.78, 5) is 12.0. The Morgan fingerprint density at radius 2 is 1.80 bits per heavy atom. The van der Waals surface area contributed by atoms with E-state index in [1.165, 1.54) is 0 Å². The van der Waals surface area contributed by atoms with Gasteiger partial charge in [0.05, 0.1) is 31.7 Å². The van der Waals surface area contributed by atoms with Gasteiger partial charge in [-0.05, 0) is 38.1 Å². The average molecular weight is 568 g/mol. The van der Waals surface area contributed by atoms with E-state index >= 15 is 0 Å². The molecule has 12 heteroatoms. The third-order valence-electron chi connectivity index (χ3n) is 6.91. The summed E-state index contributed by atoms with van der Waals surface area (Å²) >= 11 is 0. The van der Waals surface area contributed by atoms with E-state index in [0.29, 0.717) is 54.5 Å². The zero-order valence-corrected chi connectivity index (χ0v) is 24.4. The van der Waals surface area contributed by atoms with Gasteiger partial charge >= 0.3 is 0 Å². The maximum absolute atomic E-state index is 13.1. The van der Waals surface area contributed by atoms with Gasteiger partial charge in [-0.2, -0.15) is 9.97 Å². The molecule has 1 saturated heterocycles. The fourth-order valence-electron chi connectivity index (χ4n) is 5.00. The van der Waals surface area contributed by atoms with Crippen LogP contribution in [0.2, 0.25) is 0 Å². The number of ether oxygens (including phenoxy) is 2. The number of sulfonamides is 1. The van der Waals surface area contributed by atoms with Crippen LogP contribution in [0.4, 0.5) is 34.6 Å². The molecule has 0 atom stereocenters. The van der Waals surface area contributed by atoms with Crippen molar-refractivity contribution in [3.63, 3.8) is 0 Å². The van der Waals surface area contributed by atoms with Crippen LogP contribution < -0.4 is 30.3 Å². The largest absolute Gasteiger partial charge is 0.494 e. The van der Waals surface area contributed by atoms with Crippen LogP contribution in [0.15, 0.2) is 47.4 Å². The fourth-order valence-corrected chi connectivity index (χ4v) is 6.41. The summed E-state index contributed by atoms with van der Waals surface area (Å²) in [6.07, 6.45) is 0. The number of para-hydroxylation sites is 1. The Morgan fingerprint density at radius 3 is 2.52 bits per heavy atom. The van der Waals surface area contributed by atoms with E-state index in [4.69, 9.17) is 19.4 Å². The first-order valence-electron chi connectivity index (χ1n) is 13.4. The molecule has 3 aromatic rings. The van der Waals surface area contributed by atoms with Crippen LogP contribution in [0, 0.1) is 0 Å². The van der Waals surface area contributed by atoms with E-state index in [2.05, 4.69) is 39.4 Å². The van der Waals surface area contributed by atoms with Gasteiger partial charge in [-0.1, -0.05) is 26.0 Å². The number of hydrogen-bond donors (Lipinski definition) is 4. The maximum atomic E-state index is 13.1. The monoisotopic (exact) mass is 567 g/mol. The van der Waals surface area contributed by atoms with Gasteiger partial charge in [0.25, 0.3) is 0 Å². The van der Waals surface area contributed by atoms with Gasteiger partial charge in [-0.25, -0.2) is 13.1 Å². The van der Waals surface area contributed by atoms with Crippen LogP contribution in [0.3, 0.4) is 0 Å². The highest BCUT2D eigenvalue weighted by Crippen LogP contribution is 2.42. The Bertz CT molecular complexity index is 1490. The second-order valence-electron chi connectivity index (χ2n) is 10.9. The summed E-state index contributed by atoms with van der Waals surface area (Å²) in [5.74, 6) is 2.23. The SMILES string of the molecule is COc1cc(N2CCOCC2)ccc1Nc1nc2c(c(Nc3ccccc3S(=O)(=O)NC(C)C)n1)C(C)(C)CN2. The quantitative estimate of drug-likeness (QED) is 0.299. The lowest BCUT2D eigenvalue weighted by atomic mass is 9.88. The smallest absolute Gasteiger partial charge is 0.242 e. The lowest BCUT2D eigenvalue weighted by molar-refractivity contribution is 0.122. The zero-order chi connectivity index (χ0) is 28.5. The number of aromatic nitrogens is 2. The number of fused-ring (bicyclic) bond motifs is 1. The Morgan fingerprint density at radius 1 is 1.05 bits per heavy atom. The van der Waals surface area contributed by atoms with Crippen molar-refractivity contribution in [3.8, 4) is 5.75 Å². The molecule has 40 heavy (non-hydrogen) atoms. The molecule has 0 spiro atoms. The minimum atomic E-state index is -3.75. The predicted molar refractivity (Wildman–Crippen MR) is 158 cm³/mol. The molecule has 0 radical (unpaired) electrons. The number of nitrogens with zero attached hydrogens (tertiary/aromatic N) is 3. The van der Waals surface area contributed by atoms with Gasteiger partial charge in [0.15, 0.2) is 0 Å². The van der Waals surface area contributed by atoms with Crippen molar-refractivity contribution in [1.29, 1.82) is 0 Å². The lowest BCUT2D eigenvalue weighted by Crippen LogP contribution is -2.36. The number of nitrogens with one attached hydrogen (secondary N) is 4. The highest BCUT2D eigenvalue weighted by atomic mass is 32.2. The van der Waals surface area contributed by atoms with Gasteiger partial charge in [-0.3, -0.25) is 0 Å². The second-order valence-corrected chi connectivity index (χ2v) is 12.5. The molecule has 4 N–H and O–H groups in total. The molecule has 2 aromatic carbocycles. The van der Waals surface area contributed by atoms with Crippen molar-refractivity contribution in [3.05, 3.63) is 48.0 Å². The number of benzene rings is 2. The van der Waals surface area contributed by atoms with Crippen molar-refractivity contribution < 1.29 is 17.9 Å². The molecule has 3 heterocycles. The molecule has 11 nitrogen and oxygen atoms in total. The summed E-state index contributed by atoms with van der Waals surface area (Å²) in [5, 5.41) is 10.0. The van der Waals surface area contributed by atoms with Crippen molar-refractivity contribution in [2.45, 2.75) is 44.0 Å². The maximum Gasteiger partial charge on any atom is 0.242 e. The Labute approximate surface area is 235 Å². The number of rotatable bonds is 9. The molecule has 2 aliphatic rings. The van der Waals surface area contributed by atoms with Crippen LogP contribution in [-0.4, -0.2) is 64.4 Å². The lowest BCUT2D eigenvalue weighted by Gasteiger charge is -2.29. The van der Waals surface area contributed by atoms with E-state index in [-0.39, 0.29) is 16.4 Å². The van der Waals surface area contributed by atoms with Crippen molar-refractivity contribution in [1.82, 2.24) is 14.7 Å². The first-order valence-corrected chi connectivity index (χ1v) is 14.9. The topological polar surface area (TPSA) is 130 Å². The number of anilines is 6. The highest BCUT2D eigenvalue weighted by Gasteiger charge is 2.36. The second kappa shape index (κ2) is 11.1. The molecule has 2 aliphatic heterocycles. The van der Waals surface area contributed by atoms with Gasteiger partial charge in [-0.15, -0.1) is 0 Å². The van der Waals surface area contributed by atoms with Crippen LogP contribution in [-0.2, 0) is 20.2 Å². The minimum absolute atomic E-state index is 0.148. The van der Waals surface area contributed by atoms with Gasteiger partial charge in [0, 0.05) is 48.4 Å². The molecule has 0 unspecified atom stereocenters. The van der Waals surface area contributed by atoms with E-state index in [1.807, 2.05) is 18.2 Å². The van der Waals surface area contributed by atoms with Crippen molar-refractivity contribution >= 4 is 44.7 Å². The third kappa shape index (κ3) is 5.79. The van der Waals surface area contributed by atoms with Crippen LogP contribution >= 0.6 is 0 Å². The minimum Gasteiger partial charge on any atom is -0.494 e. The zero-order valence-electron chi connectivity index (χ0n) is 23.5. The number of methoxy groups -OCH3 is 1. The molecule has 0 amide bonds. The normalized spacial score (nSPS) is 16.4. The van der Waals surface area contributed by atoms with Crippen molar-refractivity contribution in [2.24, 2.45) is 0 Å². The van der Waals surface area contributed by atoms with E-state index < -0.39 is 10.0 Å². The summed E-state index contributed by atoms with van der Waals surface area (Å²) in [6, 6.07) is 12.5. The molecule has 1 aromatic heterocycles. The van der Waals surface area contributed by atoms with Crippen molar-refractivity contribution in [2.75, 3.05) is 60.8 Å². The van der Waals surface area contributed by atoms with Crippen LogP contribution in [0.25, 0.3) is 0 Å². The van der Waals surface area contributed by atoms with Gasteiger partial charge < -0.3 is 30.3 Å². The predicted octanol–water partition coefficient (Wildman–Crippen LogP) is 4.20. The molecule has 0 aliphatic carbocycles. The first-order chi connectivity index (χ1) is 19.1. The molecule has 0 bridgehead atoms. The number of morpholine rings is 1. The van der Waals surface area contributed by atoms with Gasteiger partial charge in [0.1, 0.15) is 22.3 Å². The van der Waals surface area contributed by atoms with E-state index in [0.717, 1.165) is 24.3 Å². The third-order valence-corrected chi connectivity index (χ3v) is 8.63. The summed E-state index contributed by atoms with van der Waals surface area (Å²) < 4.78 is 40.1. The Balaban J connectivity index is 1.51. The van der Waals surface area contributed by atoms with E-state index in [9.17, 15) is 8.42 Å². The van der Waals surface area contributed by atoms with Gasteiger partial charge in [0.2, 0.25) is 16.0 Å². The van der Waals surface area contributed by atoms with E-state index in [1.54, 1.807) is 45.2 Å². The fraction of sp³-hybridized carbons (Fsp3) is 0.429. The molecular weight excluding hydrogens is 530 g/mol. The number of hydrogen-bond acceptors (Lipinski definition) is 10.